The van der Waals surface area contributed by atoms with Gasteiger partial charge in [-0.2, -0.15) is 0 Å². The van der Waals surface area contributed by atoms with Gasteiger partial charge in [0.15, 0.2) is 17.1 Å². The van der Waals surface area contributed by atoms with Crippen LogP contribution in [0.15, 0.2) is 95.2 Å². The number of amides is 2. The highest BCUT2D eigenvalue weighted by Crippen LogP contribution is 2.44. The number of carbonyl (C=O) groups is 10. The summed E-state index contributed by atoms with van der Waals surface area (Å²) < 4.78 is 81.1. The number of carbonyl (C=O) groups excluding carboxylic acids is 10. The van der Waals surface area contributed by atoms with Gasteiger partial charge in [-0.1, -0.05) is 165 Å². The van der Waals surface area contributed by atoms with Gasteiger partial charge in [0.2, 0.25) is 11.6 Å². The van der Waals surface area contributed by atoms with Gasteiger partial charge in [-0.25, -0.2) is 9.59 Å². The molecule has 6 fully saturated rings. The molecule has 8 aliphatic rings. The number of ether oxygens (including phenoxy) is 10. The SMILES string of the molecule is CC.CC[P+](C)=O.CO[C@H]1C[C@@H]2CC[C@@H](C)[C@@](O)(O2)C(=O)C(=O)N2CCCCC2C(=O)O[C@H]([C@H](C)C[C@@H]2CCC(O)[C@H](OC)C2)CC(=O)[C@H](C)/C=C(\C)[C@@H](O)[C@@H](OC)C(=O)[C@H](C)C[C@H](C)/C=C/C=CC=C1C.CO[C@H]1C[C@@H]2CC[C@@H](C)[C@@](O)(O2)C(=O)C(=O)N2CCCCC2C(=O)O[C@H]([C@H](C)C[C@@H]2CCC(SC[P+](C)=O)[C@H](OC)C2)CC(=O)[C@H](C)/C=C(\C)[C@@H](O)[C@@H](OC)C(=O)[C@H](C)C[C@H](C)/C=C/C=CC=C1C. The summed E-state index contributed by atoms with van der Waals surface area (Å²) >= 11 is 1.67. The van der Waals surface area contributed by atoms with Crippen molar-refractivity contribution in [2.24, 2.45) is 71.0 Å². The van der Waals surface area contributed by atoms with Crippen LogP contribution in [0.1, 0.15) is 272 Å². The van der Waals surface area contributed by atoms with Crippen molar-refractivity contribution in [3.8, 4) is 0 Å². The summed E-state index contributed by atoms with van der Waals surface area (Å²) in [5, 5.41) is 57.5. The van der Waals surface area contributed by atoms with Gasteiger partial charge in [-0.3, -0.25) is 38.4 Å². The highest BCUT2D eigenvalue weighted by Gasteiger charge is 2.56. The summed E-state index contributed by atoms with van der Waals surface area (Å²) in [6.45, 7) is 34.9. The third kappa shape index (κ3) is 37.6. The molecule has 4 saturated heterocycles. The number of ketones is 6. The van der Waals surface area contributed by atoms with Gasteiger partial charge in [0.1, 0.15) is 79.8 Å². The Kier molecular flexibility index (Phi) is 55.3. The average Bonchev–Trinajstić information content (AvgIpc) is 0.792. The van der Waals surface area contributed by atoms with Gasteiger partial charge in [-0.15, -0.1) is 11.8 Å². The normalized spacial score (nSPS) is 37.0. The Morgan fingerprint density at radius 1 is 0.468 bits per heavy atom. The highest BCUT2D eigenvalue weighted by molar-refractivity contribution is 8.04. The van der Waals surface area contributed by atoms with Crippen LogP contribution in [-0.4, -0.2) is 283 Å². The zero-order chi connectivity index (χ0) is 106. The molecule has 2 aliphatic carbocycles. The van der Waals surface area contributed by atoms with Crippen molar-refractivity contribution in [2.45, 2.75) is 380 Å². The third-order valence-corrected chi connectivity index (χ3v) is 33.8. The number of fused-ring (bicyclic) bond motifs is 6. The molecule has 32 heteroatoms. The number of allylic oxidation sites excluding steroid dienone is 12. The van der Waals surface area contributed by atoms with Crippen molar-refractivity contribution in [3.63, 3.8) is 0 Å². The van der Waals surface area contributed by atoms with E-state index >= 15 is 0 Å². The lowest BCUT2D eigenvalue weighted by molar-refractivity contribution is -0.265. The highest BCUT2D eigenvalue weighted by atomic mass is 32.2. The van der Waals surface area contributed by atoms with E-state index in [0.29, 0.717) is 119 Å². The van der Waals surface area contributed by atoms with Gasteiger partial charge < -0.3 is 82.7 Å². The number of aliphatic hydroxyl groups excluding tert-OH is 3. The molecule has 6 unspecified atom stereocenters. The van der Waals surface area contributed by atoms with Crippen molar-refractivity contribution >= 4 is 85.8 Å². The second-order valence-electron chi connectivity index (χ2n) is 41.0. The number of cyclic esters (lactones) is 2. The van der Waals surface area contributed by atoms with Crippen LogP contribution in [0.3, 0.4) is 0 Å². The van der Waals surface area contributed by atoms with Gasteiger partial charge in [0.05, 0.1) is 42.7 Å². The Morgan fingerprint density at radius 2 is 0.851 bits per heavy atom. The molecule has 2 amide bonds. The van der Waals surface area contributed by atoms with Gasteiger partial charge >= 0.3 is 27.5 Å². The molecule has 0 aromatic rings. The van der Waals surface area contributed by atoms with E-state index in [0.717, 1.165) is 43.0 Å². The first-order chi connectivity index (χ1) is 66.7. The lowest BCUT2D eigenvalue weighted by Gasteiger charge is -2.42. The summed E-state index contributed by atoms with van der Waals surface area (Å²) in [6.07, 6.45) is 24.8. The largest absolute Gasteiger partial charge is 0.460 e. The minimum Gasteiger partial charge on any atom is -0.460 e. The van der Waals surface area contributed by atoms with E-state index in [1.165, 1.54) is 24.0 Å². The molecular formula is C109H176N2O27P2S+2. The number of piperidine rings is 2. The van der Waals surface area contributed by atoms with E-state index in [1.807, 2.05) is 137 Å². The Balaban J connectivity index is 0.000000467. The molecule has 0 radical (unpaired) electrons. The van der Waals surface area contributed by atoms with Crippen LogP contribution in [0.2, 0.25) is 0 Å². The third-order valence-electron chi connectivity index (χ3n) is 29.8. The molecule has 5 N–H and O–H groups in total. The molecule has 0 aromatic heterocycles. The Hall–Kier alpha value is -6.15. The first-order valence-electron chi connectivity index (χ1n) is 51.7. The zero-order valence-electron chi connectivity index (χ0n) is 89.3. The molecule has 141 heavy (non-hydrogen) atoms. The smallest absolute Gasteiger partial charge is 0.346 e. The number of thioether (sulfide) groups is 1. The standard InChI is InChI=1S/C53H83NO13PS.C51H79NO13.C3H8OP.C2H6/c1-32-17-13-12-14-18-33(2)43(63-8)29-40-22-20-38(7)53(61,67-40)50(58)51(59)54-24-16-15-19-41(54)52(60)66-44(35(4)27-39-21-23-46(45(28-39)64-9)69-31-68(11)62)30-42(55)34(3)26-37(6)48(57)49(65-10)47(56)36(5)25-32;1-30-16-12-11-13-17-31(2)42(61-8)28-38-21-19-36(7)51(60,65-38)48(57)49(58)52-23-15-14-18-39(52)50(59)64-43(33(4)26-37-20-22-40(53)44(27-37)62-9)29-41(54)32(3)25-35(6)46(56)47(63-10)45(55)34(5)24-30;1-3-5(2)4;1-2/h12-14,17-18,26,32,34-36,38-41,43-46,48-49,57,61H,15-16,19-25,27-31H2,1-11H3;11-13,16-17,25,30,32-34,36-40,42-44,46-47,53,56,60H,14-15,18-24,26-29H2,1-10H3;3H2,1-2H3;1-2H3/q+1;;+1;/b14-12?,17-13+,33-18?,37-26+;13-11?,16-12+,31-17?,35-25+;;/t32-,34-,35-,36-,38-,39+,40+,41?,43+,44+,45-,46?,48-,49+,53-;30-,32-,33-,34-,36-,37+,38+,39?,40?,42+,43+,44-,46-,47+,51-;;/m11../s1. The Morgan fingerprint density at radius 3 is 1.21 bits per heavy atom. The van der Waals surface area contributed by atoms with Gasteiger partial charge in [-0.05, 0) is 221 Å². The minimum atomic E-state index is -2.43. The van der Waals surface area contributed by atoms with Gasteiger partial charge in [0, 0.05) is 122 Å². The number of nitrogens with zero attached hydrogens (tertiary/aromatic N) is 2. The lowest BCUT2D eigenvalue weighted by atomic mass is 9.78. The maximum atomic E-state index is 14.5. The molecular weight excluding hydrogens is 1860 g/mol. The van der Waals surface area contributed by atoms with E-state index in [-0.39, 0.29) is 115 Å². The Bertz CT molecular complexity index is 4310. The van der Waals surface area contributed by atoms with Crippen LogP contribution in [0.25, 0.3) is 0 Å². The number of methoxy groups -OCH3 is 6. The summed E-state index contributed by atoms with van der Waals surface area (Å²) in [5.74, 6) is -15.8. The lowest BCUT2D eigenvalue weighted by Crippen LogP contribution is -2.61. The number of esters is 2. The Labute approximate surface area is 847 Å². The topological polar surface area (TPSA) is 405 Å². The molecule has 0 spiro atoms. The van der Waals surface area contributed by atoms with Crippen molar-refractivity contribution in [1.29, 1.82) is 0 Å². The quantitative estimate of drug-likeness (QED) is 0.0415. The van der Waals surface area contributed by atoms with Crippen molar-refractivity contribution in [1.82, 2.24) is 9.80 Å². The first kappa shape index (κ1) is 125. The number of aliphatic hydroxyl groups is 5. The van der Waals surface area contributed by atoms with Crippen molar-refractivity contribution < 1.29 is 130 Å². The van der Waals surface area contributed by atoms with Crippen molar-refractivity contribution in [3.05, 3.63) is 95.2 Å². The fraction of sp³-hybridized carbons (Fsp3) is 0.761. The molecule has 798 valence electrons. The number of rotatable bonds is 16. The number of Topliss-reactive ketones (excluding diaryl/α,β-unsaturated/α-hetero) is 6. The monoisotopic (exact) mass is 2040 g/mol. The van der Waals surface area contributed by atoms with Gasteiger partial charge in [0.25, 0.3) is 23.4 Å². The van der Waals surface area contributed by atoms with E-state index in [4.69, 9.17) is 47.4 Å². The van der Waals surface area contributed by atoms with E-state index in [1.54, 1.807) is 107 Å². The molecule has 0 aromatic carbocycles. The van der Waals surface area contributed by atoms with Crippen LogP contribution >= 0.6 is 27.4 Å². The predicted molar refractivity (Wildman–Crippen MR) is 549 cm³/mol. The maximum absolute atomic E-state index is 14.5. The molecule has 4 bridgehead atoms. The molecule has 6 aliphatic heterocycles. The van der Waals surface area contributed by atoms with Crippen LogP contribution in [-0.2, 0) is 104 Å². The second-order valence-corrected chi connectivity index (χ2v) is 46.1. The zero-order valence-corrected chi connectivity index (χ0v) is 91.9. The predicted octanol–water partition coefficient (Wildman–Crippen LogP) is 17.0. The summed E-state index contributed by atoms with van der Waals surface area (Å²) in [7, 11) is 7.03. The van der Waals surface area contributed by atoms with E-state index < -0.39 is 177 Å². The van der Waals surface area contributed by atoms with Crippen LogP contribution in [0.5, 0.6) is 0 Å². The minimum absolute atomic E-state index is 0.0179. The number of hydrogen-bond donors (Lipinski definition) is 5. The molecule has 32 atom stereocenters. The average molecular weight is 2040 g/mol. The van der Waals surface area contributed by atoms with Crippen LogP contribution in [0, 0.1) is 71.0 Å². The summed E-state index contributed by atoms with van der Waals surface area (Å²) in [6, 6.07) is -2.28. The molecule has 2 saturated carbocycles. The first-order valence-corrected chi connectivity index (χ1v) is 56.5. The number of hydrogen-bond acceptors (Lipinski definition) is 28. The van der Waals surface area contributed by atoms with E-state index in [2.05, 4.69) is 0 Å². The second kappa shape index (κ2) is 62.2. The molecule has 6 heterocycles. The summed E-state index contributed by atoms with van der Waals surface area (Å²) in [5.41, 5.74) is 3.10. The van der Waals surface area contributed by atoms with Crippen LogP contribution < -0.4 is 0 Å². The molecule has 29 nitrogen and oxygen atoms in total. The maximum Gasteiger partial charge on any atom is 0.346 e. The van der Waals surface area contributed by atoms with Crippen LogP contribution in [0.4, 0.5) is 0 Å². The van der Waals surface area contributed by atoms with Crippen molar-refractivity contribution in [2.75, 3.05) is 80.7 Å². The fourth-order valence-corrected chi connectivity index (χ4v) is 23.0. The van der Waals surface area contributed by atoms with E-state index in [9.17, 15) is 82.6 Å². The summed E-state index contributed by atoms with van der Waals surface area (Å²) in [4.78, 5) is 144. The fourth-order valence-electron chi connectivity index (χ4n) is 20.6. The molecule has 8 rings (SSSR count).